The lowest BCUT2D eigenvalue weighted by Crippen LogP contribution is -2.08. The van der Waals surface area contributed by atoms with Crippen LogP contribution in [0.4, 0.5) is 11.4 Å². The lowest BCUT2D eigenvalue weighted by Gasteiger charge is -2.13. The van der Waals surface area contributed by atoms with Crippen LogP contribution in [0.2, 0.25) is 0 Å². The van der Waals surface area contributed by atoms with E-state index < -0.39 is 0 Å². The highest BCUT2D eigenvalue weighted by molar-refractivity contribution is 9.10. The number of hydrogen-bond donors (Lipinski definition) is 1. The van der Waals surface area contributed by atoms with E-state index in [0.29, 0.717) is 0 Å². The molecule has 0 radical (unpaired) electrons. The van der Waals surface area contributed by atoms with Crippen molar-refractivity contribution in [2.75, 3.05) is 24.3 Å². The van der Waals surface area contributed by atoms with Gasteiger partial charge in [0, 0.05) is 46.2 Å². The summed E-state index contributed by atoms with van der Waals surface area (Å²) in [5, 5.41) is 3.44. The van der Waals surface area contributed by atoms with Crippen LogP contribution in [-0.2, 0) is 6.54 Å². The van der Waals surface area contributed by atoms with Crippen molar-refractivity contribution in [1.29, 1.82) is 0 Å². The first-order valence-electron chi connectivity index (χ1n) is 5.82. The minimum absolute atomic E-state index is 0.873. The fraction of sp³-hybridized carbons (Fsp3) is 0.286. The van der Waals surface area contributed by atoms with Gasteiger partial charge in [0.2, 0.25) is 0 Å². The maximum atomic E-state index is 3.54. The largest absolute Gasteiger partial charge is 0.380 e. The summed E-state index contributed by atoms with van der Waals surface area (Å²) in [6.07, 6.45) is 0. The van der Waals surface area contributed by atoms with Gasteiger partial charge in [0.05, 0.1) is 0 Å². The summed E-state index contributed by atoms with van der Waals surface area (Å²) in [6, 6.07) is 10.7. The summed E-state index contributed by atoms with van der Waals surface area (Å²) < 4.78 is 1.20. The van der Waals surface area contributed by atoms with Crippen LogP contribution in [0, 0.1) is 6.92 Å². The van der Waals surface area contributed by atoms with E-state index in [1.165, 1.54) is 19.9 Å². The van der Waals surface area contributed by atoms with Crippen molar-refractivity contribution in [2.24, 2.45) is 0 Å². The first-order valence-corrected chi connectivity index (χ1v) is 7.43. The average molecular weight is 325 g/mol. The molecule has 2 aromatic rings. The van der Waals surface area contributed by atoms with E-state index in [9.17, 15) is 0 Å². The lowest BCUT2D eigenvalue weighted by atomic mass is 10.2. The van der Waals surface area contributed by atoms with Crippen molar-refractivity contribution in [3.05, 3.63) is 44.6 Å². The first kappa shape index (κ1) is 13.4. The van der Waals surface area contributed by atoms with Crippen molar-refractivity contribution in [1.82, 2.24) is 0 Å². The third-order valence-corrected chi connectivity index (χ3v) is 4.90. The van der Waals surface area contributed by atoms with Crippen molar-refractivity contribution < 1.29 is 0 Å². The summed E-state index contributed by atoms with van der Waals surface area (Å²) in [5.41, 5.74) is 2.37. The SMILES string of the molecule is Cc1sc(CNc2ccc(N(C)C)cc2)cc1Br. The Morgan fingerprint density at radius 2 is 1.89 bits per heavy atom. The molecule has 0 unspecified atom stereocenters. The van der Waals surface area contributed by atoms with Crippen LogP contribution >= 0.6 is 27.3 Å². The molecule has 4 heteroatoms. The van der Waals surface area contributed by atoms with Gasteiger partial charge in [0.1, 0.15) is 0 Å². The van der Waals surface area contributed by atoms with Crippen LogP contribution in [0.1, 0.15) is 9.75 Å². The molecule has 18 heavy (non-hydrogen) atoms. The van der Waals surface area contributed by atoms with Crippen molar-refractivity contribution in [3.63, 3.8) is 0 Å². The standard InChI is InChI=1S/C14H17BrN2S/c1-10-14(15)8-13(18-10)9-16-11-4-6-12(7-5-11)17(2)3/h4-8,16H,9H2,1-3H3. The predicted molar refractivity (Wildman–Crippen MR) is 84.9 cm³/mol. The molecule has 1 aromatic heterocycles. The zero-order valence-corrected chi connectivity index (χ0v) is 13.2. The van der Waals surface area contributed by atoms with Gasteiger partial charge in [-0.1, -0.05) is 0 Å². The second-order valence-electron chi connectivity index (χ2n) is 4.41. The number of anilines is 2. The van der Waals surface area contributed by atoms with Crippen molar-refractivity contribution >= 4 is 38.6 Å². The molecule has 0 aliphatic heterocycles. The van der Waals surface area contributed by atoms with Gasteiger partial charge in [-0.15, -0.1) is 11.3 Å². The Kier molecular flexibility index (Phi) is 4.30. The van der Waals surface area contributed by atoms with Gasteiger partial charge in [0.15, 0.2) is 0 Å². The van der Waals surface area contributed by atoms with Crippen LogP contribution in [0.15, 0.2) is 34.8 Å². The first-order chi connectivity index (χ1) is 8.56. The molecule has 1 aromatic carbocycles. The molecule has 0 aliphatic carbocycles. The number of benzene rings is 1. The van der Waals surface area contributed by atoms with E-state index in [2.05, 4.69) is 63.4 Å². The molecule has 0 fully saturated rings. The highest BCUT2D eigenvalue weighted by Gasteiger charge is 2.02. The Balaban J connectivity index is 1.97. The summed E-state index contributed by atoms with van der Waals surface area (Å²) >= 11 is 5.37. The van der Waals surface area contributed by atoms with Crippen LogP contribution in [-0.4, -0.2) is 14.1 Å². The number of nitrogens with zero attached hydrogens (tertiary/aromatic N) is 1. The Bertz CT molecular complexity index is 498. The Labute approximate surface area is 121 Å². The van der Waals surface area contributed by atoms with E-state index in [4.69, 9.17) is 0 Å². The minimum atomic E-state index is 0.873. The number of rotatable bonds is 4. The number of halogens is 1. The Hall–Kier alpha value is -1.000. The van der Waals surface area contributed by atoms with Gasteiger partial charge < -0.3 is 10.2 Å². The molecule has 0 saturated heterocycles. The van der Waals surface area contributed by atoms with Gasteiger partial charge in [-0.3, -0.25) is 0 Å². The average Bonchev–Trinajstić information content (AvgIpc) is 2.67. The maximum Gasteiger partial charge on any atom is 0.0494 e. The third kappa shape index (κ3) is 3.27. The number of nitrogens with one attached hydrogen (secondary N) is 1. The molecule has 1 heterocycles. The normalized spacial score (nSPS) is 10.4. The second-order valence-corrected chi connectivity index (χ2v) is 6.61. The van der Waals surface area contributed by atoms with E-state index >= 15 is 0 Å². The zero-order chi connectivity index (χ0) is 13.1. The fourth-order valence-electron chi connectivity index (χ4n) is 1.67. The van der Waals surface area contributed by atoms with E-state index in [0.717, 1.165) is 12.2 Å². The van der Waals surface area contributed by atoms with E-state index in [1.807, 2.05) is 25.4 Å². The minimum Gasteiger partial charge on any atom is -0.380 e. The molecule has 96 valence electrons. The van der Waals surface area contributed by atoms with Crippen LogP contribution < -0.4 is 10.2 Å². The molecule has 0 aliphatic rings. The molecule has 0 atom stereocenters. The monoisotopic (exact) mass is 324 g/mol. The highest BCUT2D eigenvalue weighted by atomic mass is 79.9. The molecule has 1 N–H and O–H groups in total. The van der Waals surface area contributed by atoms with Crippen molar-refractivity contribution in [2.45, 2.75) is 13.5 Å². The molecule has 0 amide bonds. The van der Waals surface area contributed by atoms with Gasteiger partial charge in [-0.2, -0.15) is 0 Å². The van der Waals surface area contributed by atoms with Crippen LogP contribution in [0.3, 0.4) is 0 Å². The zero-order valence-electron chi connectivity index (χ0n) is 10.8. The number of aryl methyl sites for hydroxylation is 1. The number of thiophene rings is 1. The lowest BCUT2D eigenvalue weighted by molar-refractivity contribution is 1.13. The predicted octanol–water partition coefficient (Wildman–Crippen LogP) is 4.50. The molecular weight excluding hydrogens is 308 g/mol. The Morgan fingerprint density at radius 1 is 1.22 bits per heavy atom. The summed E-state index contributed by atoms with van der Waals surface area (Å²) in [5.74, 6) is 0. The molecule has 2 nitrogen and oxygen atoms in total. The fourth-order valence-corrected chi connectivity index (χ4v) is 3.21. The third-order valence-electron chi connectivity index (χ3n) is 2.76. The summed E-state index contributed by atoms with van der Waals surface area (Å²) in [7, 11) is 4.10. The number of hydrogen-bond acceptors (Lipinski definition) is 3. The maximum absolute atomic E-state index is 3.54. The Morgan fingerprint density at radius 3 is 2.39 bits per heavy atom. The van der Waals surface area contributed by atoms with Gasteiger partial charge in [-0.05, 0) is 53.2 Å². The van der Waals surface area contributed by atoms with E-state index in [-0.39, 0.29) is 0 Å². The summed E-state index contributed by atoms with van der Waals surface area (Å²) in [6.45, 7) is 3.00. The molecule has 0 saturated carbocycles. The van der Waals surface area contributed by atoms with E-state index in [1.54, 1.807) is 0 Å². The smallest absolute Gasteiger partial charge is 0.0494 e. The van der Waals surface area contributed by atoms with Crippen LogP contribution in [0.5, 0.6) is 0 Å². The quantitative estimate of drug-likeness (QED) is 0.890. The topological polar surface area (TPSA) is 15.3 Å². The summed E-state index contributed by atoms with van der Waals surface area (Å²) in [4.78, 5) is 4.77. The van der Waals surface area contributed by atoms with Gasteiger partial charge >= 0.3 is 0 Å². The second kappa shape index (κ2) is 5.76. The van der Waals surface area contributed by atoms with Crippen LogP contribution in [0.25, 0.3) is 0 Å². The van der Waals surface area contributed by atoms with Crippen molar-refractivity contribution in [3.8, 4) is 0 Å². The van der Waals surface area contributed by atoms with Gasteiger partial charge in [-0.25, -0.2) is 0 Å². The molecular formula is C14H17BrN2S. The molecule has 0 bridgehead atoms. The van der Waals surface area contributed by atoms with Gasteiger partial charge in [0.25, 0.3) is 0 Å². The molecule has 0 spiro atoms. The molecule has 2 rings (SSSR count). The highest BCUT2D eigenvalue weighted by Crippen LogP contribution is 2.27.